The molecule has 0 bridgehead atoms. The number of rotatable bonds is 5. The standard InChI is InChI=1S/C8H18.2H3O3PS.Zn/c1-3-5-7-8-6-4-2;2*1-4(2,3)5;/h3-8H2,1-2H3;2*(H3,1,2,3,5);. The number of hydrogen-bond donors (Lipinski definition) is 6. The Kier molecular flexibility index (Phi) is 26.9. The monoisotopic (exact) mass is 406 g/mol. The molecule has 0 saturated carbocycles. The van der Waals surface area contributed by atoms with Crippen molar-refractivity contribution < 1.29 is 48.8 Å². The largest absolute Gasteiger partial charge is 0.325 e. The molecule has 0 aliphatic rings. The first-order valence-corrected chi connectivity index (χ1v) is 10.8. The predicted octanol–water partition coefficient (Wildman–Crippen LogP) is 1.74. The van der Waals surface area contributed by atoms with Crippen LogP contribution < -0.4 is 0 Å². The Bertz CT molecular complexity index is 215. The third kappa shape index (κ3) is 138. The second kappa shape index (κ2) is 17.7. The SMILES string of the molecule is CCCCCCCC.OP(O)(O)=S.OP(O)(O)=S.[Zn]. The molecule has 0 amide bonds. The summed E-state index contributed by atoms with van der Waals surface area (Å²) in [5.41, 5.74) is 0. The number of unbranched alkanes of at least 4 members (excludes halogenated alkanes) is 5. The molecule has 0 aliphatic carbocycles. The van der Waals surface area contributed by atoms with E-state index in [1.165, 1.54) is 38.5 Å². The van der Waals surface area contributed by atoms with Crippen molar-refractivity contribution in [3.05, 3.63) is 0 Å². The first kappa shape index (κ1) is 28.8. The van der Waals surface area contributed by atoms with Gasteiger partial charge in [0.2, 0.25) is 0 Å². The zero-order valence-electron chi connectivity index (χ0n) is 11.3. The molecule has 19 heavy (non-hydrogen) atoms. The molecule has 0 aromatic carbocycles. The number of hydrogen-bond acceptors (Lipinski definition) is 2. The fourth-order valence-electron chi connectivity index (χ4n) is 0.854. The Morgan fingerprint density at radius 2 is 0.789 bits per heavy atom. The molecule has 11 heteroatoms. The minimum Gasteiger partial charge on any atom is -0.325 e. The Morgan fingerprint density at radius 3 is 0.895 bits per heavy atom. The van der Waals surface area contributed by atoms with Crippen LogP contribution in [0, 0.1) is 0 Å². The summed E-state index contributed by atoms with van der Waals surface area (Å²) in [6.07, 6.45) is 8.49. The summed E-state index contributed by atoms with van der Waals surface area (Å²) in [7, 11) is 0. The van der Waals surface area contributed by atoms with Gasteiger partial charge >= 0.3 is 13.4 Å². The molecule has 0 rings (SSSR count). The molecule has 0 radical (unpaired) electrons. The van der Waals surface area contributed by atoms with Crippen LogP contribution in [0.15, 0.2) is 0 Å². The minimum absolute atomic E-state index is 0. The fraction of sp³-hybridized carbons (Fsp3) is 1.00. The van der Waals surface area contributed by atoms with E-state index in [1.807, 2.05) is 0 Å². The molecule has 0 aromatic heterocycles. The van der Waals surface area contributed by atoms with E-state index in [9.17, 15) is 0 Å². The summed E-state index contributed by atoms with van der Waals surface area (Å²) in [5, 5.41) is 0. The van der Waals surface area contributed by atoms with Crippen molar-refractivity contribution in [2.45, 2.75) is 52.4 Å². The van der Waals surface area contributed by atoms with Crippen LogP contribution in [0.1, 0.15) is 52.4 Å². The molecule has 6 N–H and O–H groups in total. The topological polar surface area (TPSA) is 121 Å². The maximum Gasteiger partial charge on any atom is 0.319 e. The van der Waals surface area contributed by atoms with E-state index < -0.39 is 13.4 Å². The van der Waals surface area contributed by atoms with Gasteiger partial charge in [0.25, 0.3) is 0 Å². The van der Waals surface area contributed by atoms with Crippen molar-refractivity contribution in [1.29, 1.82) is 0 Å². The summed E-state index contributed by atoms with van der Waals surface area (Å²) in [4.78, 5) is 45.3. The zero-order chi connectivity index (χ0) is 15.2. The third-order valence-corrected chi connectivity index (χ3v) is 1.46. The predicted molar refractivity (Wildman–Crippen MR) is 80.9 cm³/mol. The van der Waals surface area contributed by atoms with Crippen molar-refractivity contribution in [1.82, 2.24) is 0 Å². The van der Waals surface area contributed by atoms with E-state index in [-0.39, 0.29) is 19.5 Å². The fourth-order valence-corrected chi connectivity index (χ4v) is 0.854. The average Bonchev–Trinajstić information content (AvgIpc) is 2.07. The van der Waals surface area contributed by atoms with Gasteiger partial charge in [0.05, 0.1) is 0 Å². The van der Waals surface area contributed by atoms with Crippen molar-refractivity contribution in [2.75, 3.05) is 0 Å². The summed E-state index contributed by atoms with van der Waals surface area (Å²) in [6.45, 7) is -3.10. The van der Waals surface area contributed by atoms with Gasteiger partial charge in [-0.2, -0.15) is 0 Å². The Balaban J connectivity index is -0.0000000906. The van der Waals surface area contributed by atoms with Gasteiger partial charge in [-0.05, 0) is 23.6 Å². The van der Waals surface area contributed by atoms with Gasteiger partial charge in [0, 0.05) is 19.5 Å². The molecular weight excluding hydrogens is 384 g/mol. The van der Waals surface area contributed by atoms with E-state index in [2.05, 4.69) is 37.5 Å². The summed E-state index contributed by atoms with van der Waals surface area (Å²) in [5.74, 6) is 0. The summed E-state index contributed by atoms with van der Waals surface area (Å²) in [6, 6.07) is 0. The molecule has 0 fully saturated rings. The van der Waals surface area contributed by atoms with Gasteiger partial charge in [0.15, 0.2) is 0 Å². The Hall–Kier alpha value is 1.68. The van der Waals surface area contributed by atoms with E-state index in [4.69, 9.17) is 29.4 Å². The van der Waals surface area contributed by atoms with Gasteiger partial charge in [-0.15, -0.1) is 0 Å². The van der Waals surface area contributed by atoms with E-state index in [0.29, 0.717) is 0 Å². The van der Waals surface area contributed by atoms with Gasteiger partial charge in [-0.1, -0.05) is 52.4 Å². The average molecular weight is 408 g/mol. The second-order valence-corrected chi connectivity index (χ2v) is 8.43. The van der Waals surface area contributed by atoms with Crippen LogP contribution in [-0.2, 0) is 43.1 Å². The summed E-state index contributed by atoms with van der Waals surface area (Å²) < 4.78 is 0. The minimum atomic E-state index is -3.81. The van der Waals surface area contributed by atoms with Crippen LogP contribution in [-0.4, -0.2) is 29.4 Å². The molecule has 0 spiro atoms. The van der Waals surface area contributed by atoms with Crippen LogP contribution >= 0.6 is 13.4 Å². The molecule has 0 atom stereocenters. The van der Waals surface area contributed by atoms with Crippen LogP contribution in [0.4, 0.5) is 0 Å². The Labute approximate surface area is 138 Å². The maximum atomic E-state index is 7.56. The normalized spacial score (nSPS) is 10.3. The van der Waals surface area contributed by atoms with Crippen molar-refractivity contribution in [3.8, 4) is 0 Å². The molecular formula is C8H24O6P2S2Zn. The van der Waals surface area contributed by atoms with E-state index in [0.717, 1.165) is 0 Å². The third-order valence-electron chi connectivity index (χ3n) is 1.46. The molecule has 0 aromatic rings. The smallest absolute Gasteiger partial charge is 0.319 e. The maximum absolute atomic E-state index is 7.56. The van der Waals surface area contributed by atoms with Gasteiger partial charge in [-0.25, -0.2) is 0 Å². The molecule has 0 aliphatic heterocycles. The Morgan fingerprint density at radius 1 is 0.632 bits per heavy atom. The first-order chi connectivity index (χ1) is 7.91. The van der Waals surface area contributed by atoms with Crippen LogP contribution in [0.3, 0.4) is 0 Å². The van der Waals surface area contributed by atoms with E-state index >= 15 is 0 Å². The molecule has 0 heterocycles. The first-order valence-electron chi connectivity index (χ1n) is 5.48. The quantitative estimate of drug-likeness (QED) is 0.231. The van der Waals surface area contributed by atoms with Crippen LogP contribution in [0.5, 0.6) is 0 Å². The summed E-state index contributed by atoms with van der Waals surface area (Å²) >= 11 is 7.21. The molecule has 0 unspecified atom stereocenters. The molecule has 116 valence electrons. The van der Waals surface area contributed by atoms with Gasteiger partial charge < -0.3 is 29.4 Å². The second-order valence-electron chi connectivity index (χ2n) is 3.44. The van der Waals surface area contributed by atoms with E-state index in [1.54, 1.807) is 0 Å². The van der Waals surface area contributed by atoms with Crippen molar-refractivity contribution >= 4 is 37.1 Å². The van der Waals surface area contributed by atoms with Crippen LogP contribution in [0.25, 0.3) is 0 Å². The van der Waals surface area contributed by atoms with Gasteiger partial charge in [-0.3, -0.25) is 0 Å². The van der Waals surface area contributed by atoms with Crippen molar-refractivity contribution in [2.24, 2.45) is 0 Å². The molecule has 0 saturated heterocycles. The van der Waals surface area contributed by atoms with Crippen molar-refractivity contribution in [3.63, 3.8) is 0 Å². The molecule has 6 nitrogen and oxygen atoms in total. The van der Waals surface area contributed by atoms with Gasteiger partial charge in [0.1, 0.15) is 0 Å². The van der Waals surface area contributed by atoms with Crippen LogP contribution in [0.2, 0.25) is 0 Å². The zero-order valence-corrected chi connectivity index (χ0v) is 17.7.